The monoisotopic (exact) mass is 442 g/mol. The number of carbonyl (C=O) groups is 1. The van der Waals surface area contributed by atoms with E-state index in [-0.39, 0.29) is 5.91 Å². The molecule has 1 heterocycles. The maximum atomic E-state index is 12.4. The Kier molecular flexibility index (Phi) is 7.37. The normalized spacial score (nSPS) is 14.4. The number of para-hydroxylation sites is 2. The van der Waals surface area contributed by atoms with Crippen molar-refractivity contribution < 1.29 is 9.53 Å². The molecule has 0 atom stereocenters. The minimum atomic E-state index is -0.213. The van der Waals surface area contributed by atoms with Crippen LogP contribution in [0, 0.1) is 6.92 Å². The van der Waals surface area contributed by atoms with Gasteiger partial charge in [-0.15, -0.1) is 0 Å². The molecule has 0 aliphatic carbocycles. The van der Waals surface area contributed by atoms with E-state index >= 15 is 0 Å². The Bertz CT molecular complexity index is 1090. The molecule has 33 heavy (non-hydrogen) atoms. The molecule has 3 aromatic rings. The van der Waals surface area contributed by atoms with E-state index in [2.05, 4.69) is 32.5 Å². The van der Waals surface area contributed by atoms with Gasteiger partial charge in [-0.25, -0.2) is 5.43 Å². The van der Waals surface area contributed by atoms with E-state index in [4.69, 9.17) is 4.74 Å². The Morgan fingerprint density at radius 1 is 0.970 bits per heavy atom. The number of benzene rings is 3. The first-order valence-corrected chi connectivity index (χ1v) is 11.2. The van der Waals surface area contributed by atoms with Crippen molar-refractivity contribution in [1.82, 2.24) is 10.3 Å². The van der Waals surface area contributed by atoms with Crippen LogP contribution in [0.15, 0.2) is 77.9 Å². The van der Waals surface area contributed by atoms with Gasteiger partial charge < -0.3 is 9.64 Å². The second kappa shape index (κ2) is 10.8. The van der Waals surface area contributed by atoms with Gasteiger partial charge in [0.2, 0.25) is 0 Å². The summed E-state index contributed by atoms with van der Waals surface area (Å²) in [4.78, 5) is 17.2. The Morgan fingerprint density at radius 2 is 1.67 bits per heavy atom. The van der Waals surface area contributed by atoms with Crippen molar-refractivity contribution >= 4 is 17.8 Å². The van der Waals surface area contributed by atoms with E-state index < -0.39 is 0 Å². The number of hydrazone groups is 1. The fraction of sp³-hybridized carbons (Fsp3) is 0.259. The third-order valence-corrected chi connectivity index (χ3v) is 5.88. The molecule has 0 bridgehead atoms. The van der Waals surface area contributed by atoms with Crippen LogP contribution < -0.4 is 15.1 Å². The molecule has 1 saturated heterocycles. The molecule has 6 heteroatoms. The highest BCUT2D eigenvalue weighted by Crippen LogP contribution is 2.28. The van der Waals surface area contributed by atoms with Gasteiger partial charge in [0.1, 0.15) is 5.75 Å². The van der Waals surface area contributed by atoms with E-state index in [1.807, 2.05) is 67.6 Å². The molecule has 0 saturated carbocycles. The summed E-state index contributed by atoms with van der Waals surface area (Å²) in [5, 5.41) is 4.06. The summed E-state index contributed by atoms with van der Waals surface area (Å²) in [5.41, 5.74) is 7.68. The predicted molar refractivity (Wildman–Crippen MR) is 133 cm³/mol. The van der Waals surface area contributed by atoms with Crippen molar-refractivity contribution in [3.05, 3.63) is 95.1 Å². The largest absolute Gasteiger partial charge is 0.495 e. The van der Waals surface area contributed by atoms with E-state index in [0.717, 1.165) is 49.7 Å². The zero-order chi connectivity index (χ0) is 23.0. The summed E-state index contributed by atoms with van der Waals surface area (Å²) in [5.74, 6) is 0.707. The van der Waals surface area contributed by atoms with Crippen LogP contribution in [0.2, 0.25) is 0 Å². The van der Waals surface area contributed by atoms with Gasteiger partial charge in [-0.2, -0.15) is 5.10 Å². The Balaban J connectivity index is 1.26. The summed E-state index contributed by atoms with van der Waals surface area (Å²) >= 11 is 0. The average Bonchev–Trinajstić information content (AvgIpc) is 2.86. The summed E-state index contributed by atoms with van der Waals surface area (Å²) in [6, 6.07) is 23.9. The number of carbonyl (C=O) groups excluding carboxylic acids is 1. The molecule has 1 N–H and O–H groups in total. The van der Waals surface area contributed by atoms with Crippen LogP contribution in [0.25, 0.3) is 0 Å². The zero-order valence-corrected chi connectivity index (χ0v) is 19.2. The molecule has 0 spiro atoms. The molecule has 1 fully saturated rings. The van der Waals surface area contributed by atoms with Crippen molar-refractivity contribution in [1.29, 1.82) is 0 Å². The summed E-state index contributed by atoms with van der Waals surface area (Å²) in [6.07, 6.45) is 1.65. The first-order chi connectivity index (χ1) is 16.1. The van der Waals surface area contributed by atoms with Crippen LogP contribution in [0.5, 0.6) is 5.75 Å². The number of rotatable bonds is 7. The van der Waals surface area contributed by atoms with Gasteiger partial charge in [0.15, 0.2) is 0 Å². The lowest BCUT2D eigenvalue weighted by atomic mass is 10.1. The molecule has 1 aliphatic rings. The highest BCUT2D eigenvalue weighted by molar-refractivity contribution is 5.94. The van der Waals surface area contributed by atoms with Crippen molar-refractivity contribution in [3.63, 3.8) is 0 Å². The lowest BCUT2D eigenvalue weighted by Crippen LogP contribution is -2.46. The van der Waals surface area contributed by atoms with E-state index in [9.17, 15) is 4.79 Å². The Labute approximate surface area is 195 Å². The van der Waals surface area contributed by atoms with Crippen molar-refractivity contribution in [2.45, 2.75) is 13.5 Å². The first kappa shape index (κ1) is 22.6. The number of methoxy groups -OCH3 is 1. The number of piperazine rings is 1. The number of nitrogens with one attached hydrogen (secondary N) is 1. The molecule has 0 unspecified atom stereocenters. The van der Waals surface area contributed by atoms with Crippen molar-refractivity contribution in [2.24, 2.45) is 5.10 Å². The van der Waals surface area contributed by atoms with Gasteiger partial charge in [-0.1, -0.05) is 54.1 Å². The lowest BCUT2D eigenvalue weighted by molar-refractivity contribution is 0.0955. The third kappa shape index (κ3) is 5.99. The highest BCUT2D eigenvalue weighted by Gasteiger charge is 2.19. The van der Waals surface area contributed by atoms with Gasteiger partial charge in [-0.3, -0.25) is 9.69 Å². The molecule has 170 valence electrons. The van der Waals surface area contributed by atoms with Gasteiger partial charge in [0.05, 0.1) is 19.0 Å². The number of ether oxygens (including phenoxy) is 1. The van der Waals surface area contributed by atoms with Gasteiger partial charge in [0.25, 0.3) is 5.91 Å². The Hall–Kier alpha value is -3.64. The number of hydrogen-bond donors (Lipinski definition) is 1. The van der Waals surface area contributed by atoms with Crippen LogP contribution >= 0.6 is 0 Å². The molecular formula is C27H30N4O2. The number of nitrogens with zero attached hydrogens (tertiary/aromatic N) is 3. The molecule has 6 nitrogen and oxygen atoms in total. The second-order valence-electron chi connectivity index (χ2n) is 8.24. The van der Waals surface area contributed by atoms with Crippen LogP contribution in [-0.2, 0) is 6.54 Å². The van der Waals surface area contributed by atoms with Crippen molar-refractivity contribution in [2.75, 3.05) is 38.2 Å². The van der Waals surface area contributed by atoms with Gasteiger partial charge in [-0.05, 0) is 42.3 Å². The maximum Gasteiger partial charge on any atom is 0.271 e. The van der Waals surface area contributed by atoms with Crippen LogP contribution in [-0.4, -0.2) is 50.3 Å². The fourth-order valence-electron chi connectivity index (χ4n) is 3.94. The highest BCUT2D eigenvalue weighted by atomic mass is 16.5. The number of anilines is 1. The summed E-state index contributed by atoms with van der Waals surface area (Å²) in [7, 11) is 1.72. The third-order valence-electron chi connectivity index (χ3n) is 5.88. The zero-order valence-electron chi connectivity index (χ0n) is 19.2. The smallest absolute Gasteiger partial charge is 0.271 e. The van der Waals surface area contributed by atoms with Crippen LogP contribution in [0.1, 0.15) is 27.0 Å². The standard InChI is InChI=1S/C27H30N4O2/c1-21-7-9-22(10-8-21)19-28-29-27(32)24-13-11-23(12-14-24)20-30-15-17-31(18-16-30)25-5-3-4-6-26(25)33-2/h3-14,19H,15-18,20H2,1-2H3,(H,29,32)/b28-19-. The summed E-state index contributed by atoms with van der Waals surface area (Å²) < 4.78 is 5.51. The SMILES string of the molecule is COc1ccccc1N1CCN(Cc2ccc(C(=O)N/N=C\c3ccc(C)cc3)cc2)CC1. The van der Waals surface area contributed by atoms with E-state index in [1.165, 1.54) is 11.1 Å². The maximum absolute atomic E-state index is 12.4. The predicted octanol–water partition coefficient (Wildman–Crippen LogP) is 4.09. The quantitative estimate of drug-likeness (QED) is 0.442. The van der Waals surface area contributed by atoms with Crippen LogP contribution in [0.3, 0.4) is 0 Å². The molecule has 0 radical (unpaired) electrons. The molecule has 4 rings (SSSR count). The molecular weight excluding hydrogens is 412 g/mol. The van der Waals surface area contributed by atoms with E-state index in [1.54, 1.807) is 13.3 Å². The lowest BCUT2D eigenvalue weighted by Gasteiger charge is -2.36. The van der Waals surface area contributed by atoms with Crippen molar-refractivity contribution in [3.8, 4) is 5.75 Å². The average molecular weight is 443 g/mol. The first-order valence-electron chi connectivity index (χ1n) is 11.2. The number of hydrogen-bond acceptors (Lipinski definition) is 5. The minimum Gasteiger partial charge on any atom is -0.495 e. The number of aryl methyl sites for hydroxylation is 1. The molecule has 0 aromatic heterocycles. The van der Waals surface area contributed by atoms with E-state index in [0.29, 0.717) is 5.56 Å². The molecule has 1 amide bonds. The minimum absolute atomic E-state index is 0.213. The van der Waals surface area contributed by atoms with Gasteiger partial charge in [0, 0.05) is 38.3 Å². The van der Waals surface area contributed by atoms with Gasteiger partial charge >= 0.3 is 0 Å². The summed E-state index contributed by atoms with van der Waals surface area (Å²) in [6.45, 7) is 6.78. The second-order valence-corrected chi connectivity index (χ2v) is 8.24. The molecule has 1 aliphatic heterocycles. The molecule has 3 aromatic carbocycles. The Morgan fingerprint density at radius 3 is 2.36 bits per heavy atom. The van der Waals surface area contributed by atoms with Crippen LogP contribution in [0.4, 0.5) is 5.69 Å². The number of amides is 1. The topological polar surface area (TPSA) is 57.2 Å². The fourth-order valence-corrected chi connectivity index (χ4v) is 3.94.